The Morgan fingerprint density at radius 2 is 2.00 bits per heavy atom. The minimum atomic E-state index is -0.938. The first-order valence-corrected chi connectivity index (χ1v) is 8.25. The van der Waals surface area contributed by atoms with Crippen LogP contribution >= 0.6 is 11.6 Å². The minimum absolute atomic E-state index is 0.187. The number of pyridine rings is 1. The first kappa shape index (κ1) is 15.5. The van der Waals surface area contributed by atoms with E-state index in [-0.39, 0.29) is 5.69 Å². The molecular formula is C15H14ClN3OS. The molecule has 0 bridgehead atoms. The highest BCUT2D eigenvalue weighted by atomic mass is 35.5. The molecular weight excluding hydrogens is 306 g/mol. The van der Waals surface area contributed by atoms with Crippen molar-refractivity contribution in [2.75, 3.05) is 17.6 Å². The molecule has 0 aliphatic rings. The lowest BCUT2D eigenvalue weighted by Gasteiger charge is -2.06. The van der Waals surface area contributed by atoms with Crippen molar-refractivity contribution in [2.24, 2.45) is 0 Å². The Hall–Kier alpha value is -1.90. The van der Waals surface area contributed by atoms with Crippen molar-refractivity contribution in [1.29, 1.82) is 5.26 Å². The maximum absolute atomic E-state index is 12.0. The molecule has 1 atom stereocenters. The second kappa shape index (κ2) is 7.77. The van der Waals surface area contributed by atoms with E-state index in [4.69, 9.17) is 16.9 Å². The van der Waals surface area contributed by atoms with Crippen LogP contribution in [-0.2, 0) is 16.6 Å². The number of rotatable bonds is 6. The number of nitriles is 1. The predicted molar refractivity (Wildman–Crippen MR) is 85.6 cm³/mol. The zero-order chi connectivity index (χ0) is 15.1. The van der Waals surface area contributed by atoms with E-state index in [1.807, 2.05) is 36.4 Å². The van der Waals surface area contributed by atoms with Gasteiger partial charge in [0.25, 0.3) is 0 Å². The maximum atomic E-state index is 12.0. The molecule has 1 aromatic heterocycles. The van der Waals surface area contributed by atoms with Gasteiger partial charge >= 0.3 is 0 Å². The van der Waals surface area contributed by atoms with Crippen molar-refractivity contribution in [3.63, 3.8) is 0 Å². The highest BCUT2D eigenvalue weighted by molar-refractivity contribution is 7.84. The maximum Gasteiger partial charge on any atom is 0.161 e. The van der Waals surface area contributed by atoms with Gasteiger partial charge in [0.05, 0.1) is 5.02 Å². The summed E-state index contributed by atoms with van der Waals surface area (Å²) >= 11 is 5.81. The third-order valence-corrected chi connectivity index (χ3v) is 4.38. The molecule has 0 aliphatic heterocycles. The summed E-state index contributed by atoms with van der Waals surface area (Å²) in [6.45, 7) is 0.527. The van der Waals surface area contributed by atoms with Crippen molar-refractivity contribution in [3.05, 3.63) is 58.7 Å². The number of anilines is 1. The number of benzene rings is 1. The molecule has 6 heteroatoms. The summed E-state index contributed by atoms with van der Waals surface area (Å²) in [5.41, 5.74) is 1.25. The summed E-state index contributed by atoms with van der Waals surface area (Å²) in [5, 5.41) is 12.2. The molecule has 0 amide bonds. The molecule has 1 N–H and O–H groups in total. The zero-order valence-corrected chi connectivity index (χ0v) is 12.8. The minimum Gasteiger partial charge on any atom is -0.369 e. The second-order valence-electron chi connectivity index (χ2n) is 4.34. The molecule has 108 valence electrons. The molecule has 21 heavy (non-hydrogen) atoms. The van der Waals surface area contributed by atoms with Gasteiger partial charge in [-0.15, -0.1) is 0 Å². The molecule has 0 fully saturated rings. The Kier molecular flexibility index (Phi) is 5.73. The largest absolute Gasteiger partial charge is 0.369 e. The van der Waals surface area contributed by atoms with Crippen molar-refractivity contribution >= 4 is 28.2 Å². The van der Waals surface area contributed by atoms with Gasteiger partial charge in [-0.2, -0.15) is 5.26 Å². The number of aromatic nitrogens is 1. The fourth-order valence-corrected chi connectivity index (χ4v) is 2.93. The summed E-state index contributed by atoms with van der Waals surface area (Å²) in [6.07, 6.45) is 0. The van der Waals surface area contributed by atoms with Crippen molar-refractivity contribution in [1.82, 2.24) is 4.98 Å². The fraction of sp³-hybridized carbons (Fsp3) is 0.200. The third-order valence-electron chi connectivity index (χ3n) is 2.76. The van der Waals surface area contributed by atoms with E-state index in [9.17, 15) is 4.21 Å². The van der Waals surface area contributed by atoms with Crippen LogP contribution in [0.25, 0.3) is 0 Å². The molecule has 1 heterocycles. The van der Waals surface area contributed by atoms with Gasteiger partial charge in [-0.1, -0.05) is 41.9 Å². The monoisotopic (exact) mass is 319 g/mol. The standard InChI is InChI=1S/C15H14ClN3OS/c16-13-6-7-15(19-14(13)10-17)18-8-9-21(20)11-12-4-2-1-3-5-12/h1-7H,8-9,11H2,(H,18,19). The molecule has 4 nitrogen and oxygen atoms in total. The summed E-state index contributed by atoms with van der Waals surface area (Å²) in [7, 11) is -0.938. The first-order valence-electron chi connectivity index (χ1n) is 6.38. The molecule has 0 spiro atoms. The first-order chi connectivity index (χ1) is 10.2. The van der Waals surface area contributed by atoms with Crippen LogP contribution < -0.4 is 5.32 Å². The molecule has 2 aromatic rings. The van der Waals surface area contributed by atoms with Crippen LogP contribution in [-0.4, -0.2) is 21.5 Å². The number of nitrogens with zero attached hydrogens (tertiary/aromatic N) is 2. The van der Waals surface area contributed by atoms with Gasteiger partial charge in [-0.25, -0.2) is 4.98 Å². The summed E-state index contributed by atoms with van der Waals surface area (Å²) < 4.78 is 12.0. The van der Waals surface area contributed by atoms with Gasteiger partial charge in [0.15, 0.2) is 5.69 Å². The van der Waals surface area contributed by atoms with Crippen molar-refractivity contribution < 1.29 is 4.21 Å². The average Bonchev–Trinajstić information content (AvgIpc) is 2.50. The van der Waals surface area contributed by atoms with Gasteiger partial charge in [0.2, 0.25) is 0 Å². The second-order valence-corrected chi connectivity index (χ2v) is 6.32. The van der Waals surface area contributed by atoms with Crippen LogP contribution in [0.1, 0.15) is 11.3 Å². The van der Waals surface area contributed by atoms with Crippen LogP contribution in [0.4, 0.5) is 5.82 Å². The fourth-order valence-electron chi connectivity index (χ4n) is 1.74. The van der Waals surface area contributed by atoms with Crippen LogP contribution in [0.5, 0.6) is 0 Å². The Morgan fingerprint density at radius 1 is 1.24 bits per heavy atom. The predicted octanol–water partition coefficient (Wildman–Crippen LogP) is 2.97. The summed E-state index contributed by atoms with van der Waals surface area (Å²) in [4.78, 5) is 4.07. The van der Waals surface area contributed by atoms with E-state index in [2.05, 4.69) is 10.3 Å². The van der Waals surface area contributed by atoms with E-state index < -0.39 is 10.8 Å². The van der Waals surface area contributed by atoms with Crippen LogP contribution in [0, 0.1) is 11.3 Å². The molecule has 0 saturated carbocycles. The van der Waals surface area contributed by atoms with Crippen molar-refractivity contribution in [3.8, 4) is 6.07 Å². The number of hydrogen-bond acceptors (Lipinski definition) is 4. The topological polar surface area (TPSA) is 65.8 Å². The lowest BCUT2D eigenvalue weighted by Crippen LogP contribution is -2.13. The van der Waals surface area contributed by atoms with Crippen LogP contribution in [0.3, 0.4) is 0 Å². The number of hydrogen-bond donors (Lipinski definition) is 1. The highest BCUT2D eigenvalue weighted by Gasteiger charge is 2.04. The Balaban J connectivity index is 1.82. The molecule has 0 aliphatic carbocycles. The SMILES string of the molecule is N#Cc1nc(NCCS(=O)Cc2ccccc2)ccc1Cl. The van der Waals surface area contributed by atoms with E-state index in [1.54, 1.807) is 12.1 Å². The highest BCUT2D eigenvalue weighted by Crippen LogP contribution is 2.15. The Bertz CT molecular complexity index is 670. The van der Waals surface area contributed by atoms with Gasteiger partial charge in [0.1, 0.15) is 11.9 Å². The van der Waals surface area contributed by atoms with Crippen LogP contribution in [0.15, 0.2) is 42.5 Å². The Labute approximate surface area is 131 Å². The number of halogens is 1. The molecule has 2 rings (SSSR count). The van der Waals surface area contributed by atoms with E-state index in [0.29, 0.717) is 28.9 Å². The Morgan fingerprint density at radius 3 is 2.71 bits per heavy atom. The summed E-state index contributed by atoms with van der Waals surface area (Å²) in [5.74, 6) is 1.62. The van der Waals surface area contributed by atoms with Gasteiger partial charge < -0.3 is 5.32 Å². The van der Waals surface area contributed by atoms with Crippen LogP contribution in [0.2, 0.25) is 5.02 Å². The summed E-state index contributed by atoms with van der Waals surface area (Å²) in [6, 6.07) is 15.0. The lowest BCUT2D eigenvalue weighted by atomic mass is 10.2. The normalized spacial score (nSPS) is 11.6. The average molecular weight is 320 g/mol. The van der Waals surface area contributed by atoms with E-state index in [1.165, 1.54) is 0 Å². The van der Waals surface area contributed by atoms with E-state index >= 15 is 0 Å². The van der Waals surface area contributed by atoms with Gasteiger partial charge in [-0.3, -0.25) is 4.21 Å². The zero-order valence-electron chi connectivity index (χ0n) is 11.3. The van der Waals surface area contributed by atoms with Crippen molar-refractivity contribution in [2.45, 2.75) is 5.75 Å². The molecule has 0 radical (unpaired) electrons. The van der Waals surface area contributed by atoms with Gasteiger partial charge in [0, 0.05) is 28.9 Å². The van der Waals surface area contributed by atoms with Gasteiger partial charge in [-0.05, 0) is 17.7 Å². The molecule has 0 saturated heterocycles. The smallest absolute Gasteiger partial charge is 0.161 e. The molecule has 1 unspecified atom stereocenters. The van der Waals surface area contributed by atoms with E-state index in [0.717, 1.165) is 5.56 Å². The third kappa shape index (κ3) is 4.85. The lowest BCUT2D eigenvalue weighted by molar-refractivity contribution is 0.682. The number of nitrogens with one attached hydrogen (secondary N) is 1. The quantitative estimate of drug-likeness (QED) is 0.889. The molecule has 1 aromatic carbocycles.